The summed E-state index contributed by atoms with van der Waals surface area (Å²) < 4.78 is 5.23. The fourth-order valence-electron chi connectivity index (χ4n) is 2.45. The summed E-state index contributed by atoms with van der Waals surface area (Å²) in [5.41, 5.74) is 2.74. The van der Waals surface area contributed by atoms with Crippen molar-refractivity contribution >= 4 is 28.9 Å². The van der Waals surface area contributed by atoms with Gasteiger partial charge in [-0.2, -0.15) is 0 Å². The van der Waals surface area contributed by atoms with E-state index in [1.807, 2.05) is 24.3 Å². The number of rotatable bonds is 3. The van der Waals surface area contributed by atoms with Crippen LogP contribution in [0.4, 0.5) is 11.4 Å². The van der Waals surface area contributed by atoms with Crippen LogP contribution in [0, 0.1) is 0 Å². The number of para-hydroxylation sites is 1. The van der Waals surface area contributed by atoms with Crippen molar-refractivity contribution < 1.29 is 9.53 Å². The molecule has 1 aliphatic heterocycles. The van der Waals surface area contributed by atoms with Crippen LogP contribution in [0.25, 0.3) is 0 Å². The van der Waals surface area contributed by atoms with Crippen LogP contribution in [-0.2, 0) is 11.2 Å². The maximum atomic E-state index is 12.4. The molecule has 0 spiro atoms. The molecule has 0 aromatic heterocycles. The molecule has 2 aromatic carbocycles. The van der Waals surface area contributed by atoms with E-state index in [0.29, 0.717) is 22.9 Å². The molecule has 108 valence electrons. The number of carbonyl (C=O) groups is 1. The van der Waals surface area contributed by atoms with E-state index >= 15 is 0 Å². The van der Waals surface area contributed by atoms with E-state index in [2.05, 4.69) is 10.6 Å². The molecule has 1 atom stereocenters. The molecule has 2 aromatic rings. The number of ether oxygens (including phenoxy) is 1. The first kappa shape index (κ1) is 13.8. The van der Waals surface area contributed by atoms with Crippen molar-refractivity contribution in [3.8, 4) is 5.75 Å². The Labute approximate surface area is 128 Å². The summed E-state index contributed by atoms with van der Waals surface area (Å²) in [5, 5.41) is 6.64. The number of hydrogen-bond acceptors (Lipinski definition) is 3. The van der Waals surface area contributed by atoms with Crippen molar-refractivity contribution in [1.82, 2.24) is 0 Å². The molecule has 0 saturated heterocycles. The summed E-state index contributed by atoms with van der Waals surface area (Å²) in [7, 11) is 1.56. The van der Waals surface area contributed by atoms with Crippen LogP contribution in [0.5, 0.6) is 5.75 Å². The molecule has 2 N–H and O–H groups in total. The first-order valence-corrected chi connectivity index (χ1v) is 7.04. The number of benzene rings is 2. The van der Waals surface area contributed by atoms with E-state index in [0.717, 1.165) is 11.3 Å². The highest BCUT2D eigenvalue weighted by Crippen LogP contribution is 2.29. The molecule has 1 amide bonds. The van der Waals surface area contributed by atoms with Gasteiger partial charge in [0, 0.05) is 17.1 Å². The predicted molar refractivity (Wildman–Crippen MR) is 84.2 cm³/mol. The highest BCUT2D eigenvalue weighted by Gasteiger charge is 2.26. The molecule has 0 saturated carbocycles. The number of halogens is 1. The van der Waals surface area contributed by atoms with Gasteiger partial charge in [0.2, 0.25) is 5.91 Å². The summed E-state index contributed by atoms with van der Waals surface area (Å²) in [4.78, 5) is 12.4. The molecule has 3 rings (SSSR count). The van der Waals surface area contributed by atoms with Gasteiger partial charge in [0.15, 0.2) is 0 Å². The Morgan fingerprint density at radius 2 is 2.14 bits per heavy atom. The maximum Gasteiger partial charge on any atom is 0.247 e. The zero-order valence-electron chi connectivity index (χ0n) is 11.5. The lowest BCUT2D eigenvalue weighted by Gasteiger charge is -2.14. The van der Waals surface area contributed by atoms with E-state index in [1.54, 1.807) is 25.3 Å². The van der Waals surface area contributed by atoms with Gasteiger partial charge in [-0.15, -0.1) is 0 Å². The molecule has 4 nitrogen and oxygen atoms in total. The fourth-order valence-corrected chi connectivity index (χ4v) is 2.63. The Kier molecular flexibility index (Phi) is 3.71. The van der Waals surface area contributed by atoms with Crippen LogP contribution in [0.3, 0.4) is 0 Å². The molecule has 0 radical (unpaired) electrons. The number of fused-ring (bicyclic) bond motifs is 1. The molecule has 0 aliphatic carbocycles. The van der Waals surface area contributed by atoms with Gasteiger partial charge in [-0.25, -0.2) is 0 Å². The van der Waals surface area contributed by atoms with E-state index < -0.39 is 0 Å². The Hall–Kier alpha value is -2.20. The zero-order valence-corrected chi connectivity index (χ0v) is 12.3. The number of amides is 1. The topological polar surface area (TPSA) is 50.4 Å². The van der Waals surface area contributed by atoms with Crippen molar-refractivity contribution in [2.75, 3.05) is 17.7 Å². The molecule has 1 unspecified atom stereocenters. The van der Waals surface area contributed by atoms with E-state index in [4.69, 9.17) is 16.3 Å². The minimum absolute atomic E-state index is 0.105. The number of methoxy groups -OCH3 is 1. The van der Waals surface area contributed by atoms with Crippen molar-refractivity contribution in [1.29, 1.82) is 0 Å². The van der Waals surface area contributed by atoms with Gasteiger partial charge in [-0.3, -0.25) is 4.79 Å². The molecular weight excluding hydrogens is 288 g/mol. The van der Waals surface area contributed by atoms with Gasteiger partial charge >= 0.3 is 0 Å². The Bertz CT molecular complexity index is 663. The van der Waals surface area contributed by atoms with E-state index in [9.17, 15) is 4.79 Å². The summed E-state index contributed by atoms with van der Waals surface area (Å²) in [6.07, 6.45) is 0.672. The zero-order chi connectivity index (χ0) is 14.8. The minimum atomic E-state index is -0.286. The number of carbonyl (C=O) groups excluding carboxylic acids is 1. The lowest BCUT2D eigenvalue weighted by Crippen LogP contribution is -2.32. The molecule has 0 bridgehead atoms. The lowest BCUT2D eigenvalue weighted by atomic mass is 10.1. The van der Waals surface area contributed by atoms with Crippen LogP contribution in [0.15, 0.2) is 42.5 Å². The first-order valence-electron chi connectivity index (χ1n) is 6.66. The average Bonchev–Trinajstić information content (AvgIpc) is 2.91. The summed E-state index contributed by atoms with van der Waals surface area (Å²) >= 11 is 5.97. The maximum absolute atomic E-state index is 12.4. The number of anilines is 2. The minimum Gasteiger partial charge on any atom is -0.495 e. The van der Waals surface area contributed by atoms with Gasteiger partial charge < -0.3 is 15.4 Å². The highest BCUT2D eigenvalue weighted by atomic mass is 35.5. The second-order valence-corrected chi connectivity index (χ2v) is 5.33. The number of hydrogen-bond donors (Lipinski definition) is 2. The van der Waals surface area contributed by atoms with Gasteiger partial charge in [0.25, 0.3) is 0 Å². The van der Waals surface area contributed by atoms with Gasteiger partial charge in [-0.1, -0.05) is 29.8 Å². The summed E-state index contributed by atoms with van der Waals surface area (Å²) in [5.74, 6) is 0.482. The third-order valence-electron chi connectivity index (χ3n) is 3.51. The van der Waals surface area contributed by atoms with Crippen LogP contribution < -0.4 is 15.4 Å². The normalized spacial score (nSPS) is 16.0. The van der Waals surface area contributed by atoms with E-state index in [1.165, 1.54) is 0 Å². The van der Waals surface area contributed by atoms with Crippen molar-refractivity contribution in [3.05, 3.63) is 53.1 Å². The molecule has 5 heteroatoms. The van der Waals surface area contributed by atoms with Crippen molar-refractivity contribution in [3.63, 3.8) is 0 Å². The largest absolute Gasteiger partial charge is 0.495 e. The van der Waals surface area contributed by atoms with Gasteiger partial charge in [-0.05, 0) is 29.8 Å². The predicted octanol–water partition coefficient (Wildman–Crippen LogP) is 3.32. The third kappa shape index (κ3) is 2.81. The highest BCUT2D eigenvalue weighted by molar-refractivity contribution is 6.31. The van der Waals surface area contributed by atoms with Crippen molar-refractivity contribution in [2.24, 2.45) is 0 Å². The van der Waals surface area contributed by atoms with Gasteiger partial charge in [0.1, 0.15) is 11.8 Å². The second-order valence-electron chi connectivity index (χ2n) is 4.89. The Morgan fingerprint density at radius 3 is 2.90 bits per heavy atom. The van der Waals surface area contributed by atoms with Crippen LogP contribution >= 0.6 is 11.6 Å². The Balaban J connectivity index is 1.75. The summed E-state index contributed by atoms with van der Waals surface area (Å²) in [6.45, 7) is 0. The monoisotopic (exact) mass is 302 g/mol. The fraction of sp³-hybridized carbons (Fsp3) is 0.188. The van der Waals surface area contributed by atoms with Crippen molar-refractivity contribution in [2.45, 2.75) is 12.5 Å². The molecule has 21 heavy (non-hydrogen) atoms. The van der Waals surface area contributed by atoms with Crippen LogP contribution in [0.2, 0.25) is 5.02 Å². The Morgan fingerprint density at radius 1 is 1.33 bits per heavy atom. The smallest absolute Gasteiger partial charge is 0.247 e. The van der Waals surface area contributed by atoms with Crippen LogP contribution in [0.1, 0.15) is 5.56 Å². The summed E-state index contributed by atoms with van der Waals surface area (Å²) in [6, 6.07) is 12.8. The third-order valence-corrected chi connectivity index (χ3v) is 3.74. The van der Waals surface area contributed by atoms with Gasteiger partial charge in [0.05, 0.1) is 12.8 Å². The second kappa shape index (κ2) is 5.66. The standard InChI is InChI=1S/C16H15ClN2O2/c1-21-15-7-6-11(17)9-13(15)19-16(20)14-8-10-4-2-3-5-12(10)18-14/h2-7,9,14,18H,8H2,1H3,(H,19,20). The molecule has 0 fully saturated rings. The van der Waals surface area contributed by atoms with Crippen LogP contribution in [-0.4, -0.2) is 19.1 Å². The first-order chi connectivity index (χ1) is 10.2. The SMILES string of the molecule is COc1ccc(Cl)cc1NC(=O)C1Cc2ccccc2N1. The lowest BCUT2D eigenvalue weighted by molar-refractivity contribution is -0.116. The number of nitrogens with one attached hydrogen (secondary N) is 2. The average molecular weight is 303 g/mol. The molecule has 1 aliphatic rings. The van der Waals surface area contributed by atoms with E-state index in [-0.39, 0.29) is 11.9 Å². The molecule has 1 heterocycles. The quantitative estimate of drug-likeness (QED) is 0.914. The molecular formula is C16H15ClN2O2.